The van der Waals surface area contributed by atoms with Gasteiger partial charge in [-0.25, -0.2) is 4.79 Å². The third-order valence-corrected chi connectivity index (χ3v) is 3.71. The molecule has 3 rings (SSSR count). The Morgan fingerprint density at radius 3 is 2.44 bits per heavy atom. The number of hydrogen-bond donors (Lipinski definition) is 2. The number of hydrogen-bond acceptors (Lipinski definition) is 5. The lowest BCUT2D eigenvalue weighted by molar-refractivity contribution is -0.384. The predicted octanol–water partition coefficient (Wildman–Crippen LogP) is 1.34. The summed E-state index contributed by atoms with van der Waals surface area (Å²) in [4.78, 5) is 47.6. The maximum absolute atomic E-state index is 12.2. The van der Waals surface area contributed by atoms with E-state index in [-0.39, 0.29) is 28.8 Å². The van der Waals surface area contributed by atoms with Crippen molar-refractivity contribution in [3.05, 3.63) is 84.4 Å². The molecule has 0 unspecified atom stereocenters. The number of carboxylic acid groups (broad SMARTS) is 1. The monoisotopic (exact) mass is 341 g/mol. The van der Waals surface area contributed by atoms with Gasteiger partial charge in [0.2, 0.25) is 0 Å². The van der Waals surface area contributed by atoms with Gasteiger partial charge in [-0.15, -0.1) is 0 Å². The number of H-pyrrole nitrogens is 1. The first kappa shape index (κ1) is 16.1. The van der Waals surface area contributed by atoms with E-state index in [0.717, 1.165) is 4.57 Å². The number of nitrogens with one attached hydrogen (secondary N) is 1. The van der Waals surface area contributed by atoms with Crippen molar-refractivity contribution in [2.24, 2.45) is 0 Å². The van der Waals surface area contributed by atoms with Gasteiger partial charge in [-0.3, -0.25) is 24.3 Å². The third-order valence-electron chi connectivity index (χ3n) is 3.71. The predicted molar refractivity (Wildman–Crippen MR) is 88.0 cm³/mol. The number of aromatic amines is 1. The van der Waals surface area contributed by atoms with E-state index in [4.69, 9.17) is 5.11 Å². The average Bonchev–Trinajstić information content (AvgIpc) is 2.59. The minimum absolute atomic E-state index is 0.0275. The number of carbonyl (C=O) groups is 1. The van der Waals surface area contributed by atoms with Crippen molar-refractivity contribution in [1.82, 2.24) is 9.55 Å². The summed E-state index contributed by atoms with van der Waals surface area (Å²) >= 11 is 0. The summed E-state index contributed by atoms with van der Waals surface area (Å²) in [6.07, 6.45) is 0. The van der Waals surface area contributed by atoms with Crippen LogP contribution in [0.25, 0.3) is 11.0 Å². The maximum atomic E-state index is 12.2. The van der Waals surface area contributed by atoms with Gasteiger partial charge in [0.05, 0.1) is 28.1 Å². The zero-order valence-electron chi connectivity index (χ0n) is 12.6. The second-order valence-electron chi connectivity index (χ2n) is 5.31. The molecular formula is C16H11N3O6. The summed E-state index contributed by atoms with van der Waals surface area (Å²) in [5.74, 6) is -1.08. The van der Waals surface area contributed by atoms with Crippen LogP contribution in [0.2, 0.25) is 0 Å². The summed E-state index contributed by atoms with van der Waals surface area (Å²) in [6.45, 7) is -0.0275. The van der Waals surface area contributed by atoms with Crippen LogP contribution in [0.5, 0.6) is 0 Å². The Kier molecular flexibility index (Phi) is 3.89. The van der Waals surface area contributed by atoms with E-state index in [1.807, 2.05) is 0 Å². The van der Waals surface area contributed by atoms with E-state index in [1.165, 1.54) is 42.5 Å². The van der Waals surface area contributed by atoms with E-state index in [1.54, 1.807) is 0 Å². The molecule has 3 aromatic rings. The second kappa shape index (κ2) is 6.04. The lowest BCUT2D eigenvalue weighted by Crippen LogP contribution is -2.36. The molecule has 0 fully saturated rings. The number of nitro groups is 1. The van der Waals surface area contributed by atoms with Crippen molar-refractivity contribution in [1.29, 1.82) is 0 Å². The second-order valence-corrected chi connectivity index (χ2v) is 5.31. The lowest BCUT2D eigenvalue weighted by atomic mass is 10.1. The molecule has 0 saturated heterocycles. The first-order chi connectivity index (χ1) is 11.9. The molecule has 0 spiro atoms. The number of nitro benzene ring substituents is 1. The summed E-state index contributed by atoms with van der Waals surface area (Å²) < 4.78 is 1.12. The Hall–Kier alpha value is -3.75. The number of rotatable bonds is 4. The topological polar surface area (TPSA) is 135 Å². The standard InChI is InChI=1S/C16H11N3O6/c20-14-15(21)18(8-9-1-3-10(4-2-9)16(22)23)13-7-11(19(24)25)5-6-12(13)17-14/h1-7H,8H2,(H,17,20)(H,22,23). The van der Waals surface area contributed by atoms with Crippen LogP contribution in [0, 0.1) is 10.1 Å². The van der Waals surface area contributed by atoms with Crippen molar-refractivity contribution >= 4 is 22.7 Å². The zero-order chi connectivity index (χ0) is 18.1. The quantitative estimate of drug-likeness (QED) is 0.418. The number of fused-ring (bicyclic) bond motifs is 1. The van der Waals surface area contributed by atoms with Crippen LogP contribution in [0.1, 0.15) is 15.9 Å². The molecule has 0 radical (unpaired) electrons. The third kappa shape index (κ3) is 3.02. The van der Waals surface area contributed by atoms with Crippen LogP contribution in [-0.2, 0) is 6.54 Å². The average molecular weight is 341 g/mol. The highest BCUT2D eigenvalue weighted by molar-refractivity contribution is 5.87. The van der Waals surface area contributed by atoms with Crippen LogP contribution in [0.3, 0.4) is 0 Å². The van der Waals surface area contributed by atoms with Crippen molar-refractivity contribution in [2.45, 2.75) is 6.54 Å². The Morgan fingerprint density at radius 1 is 1.16 bits per heavy atom. The van der Waals surface area contributed by atoms with E-state index in [9.17, 15) is 24.5 Å². The molecule has 0 aliphatic rings. The first-order valence-electron chi connectivity index (χ1n) is 7.10. The molecule has 25 heavy (non-hydrogen) atoms. The van der Waals surface area contributed by atoms with Crippen LogP contribution in [0.15, 0.2) is 52.1 Å². The fourth-order valence-corrected chi connectivity index (χ4v) is 2.46. The number of aromatic nitrogens is 2. The summed E-state index contributed by atoms with van der Waals surface area (Å²) in [5, 5.41) is 19.9. The minimum atomic E-state index is -1.08. The van der Waals surface area contributed by atoms with Gasteiger partial charge in [0.1, 0.15) is 0 Å². The Labute approximate surface area is 138 Å². The lowest BCUT2D eigenvalue weighted by Gasteiger charge is -2.10. The van der Waals surface area contributed by atoms with Crippen molar-refractivity contribution in [2.75, 3.05) is 0 Å². The van der Waals surface area contributed by atoms with Crippen molar-refractivity contribution < 1.29 is 14.8 Å². The Bertz CT molecular complexity index is 1110. The zero-order valence-corrected chi connectivity index (χ0v) is 12.6. The van der Waals surface area contributed by atoms with Crippen molar-refractivity contribution in [3.63, 3.8) is 0 Å². The van der Waals surface area contributed by atoms with Crippen LogP contribution in [0.4, 0.5) is 5.69 Å². The molecule has 0 bridgehead atoms. The highest BCUT2D eigenvalue weighted by atomic mass is 16.6. The molecule has 0 aliphatic heterocycles. The van der Waals surface area contributed by atoms with Crippen molar-refractivity contribution in [3.8, 4) is 0 Å². The van der Waals surface area contributed by atoms with Gasteiger partial charge in [-0.05, 0) is 23.8 Å². The molecule has 0 aliphatic carbocycles. The first-order valence-corrected chi connectivity index (χ1v) is 7.10. The molecule has 2 aromatic carbocycles. The maximum Gasteiger partial charge on any atom is 0.335 e. The van der Waals surface area contributed by atoms with E-state index in [2.05, 4.69) is 4.98 Å². The molecule has 1 heterocycles. The van der Waals surface area contributed by atoms with Crippen LogP contribution < -0.4 is 11.1 Å². The van der Waals surface area contributed by atoms with E-state index in [0.29, 0.717) is 5.56 Å². The van der Waals surface area contributed by atoms with E-state index < -0.39 is 22.0 Å². The number of benzene rings is 2. The largest absolute Gasteiger partial charge is 0.478 e. The molecule has 1 aromatic heterocycles. The molecule has 0 amide bonds. The fraction of sp³-hybridized carbons (Fsp3) is 0.0625. The van der Waals surface area contributed by atoms with Gasteiger partial charge in [0.15, 0.2) is 0 Å². The number of nitrogens with zero attached hydrogens (tertiary/aromatic N) is 2. The molecule has 9 nitrogen and oxygen atoms in total. The smallest absolute Gasteiger partial charge is 0.335 e. The summed E-state index contributed by atoms with van der Waals surface area (Å²) in [6, 6.07) is 9.58. The number of non-ortho nitro benzene ring substituents is 1. The highest BCUT2D eigenvalue weighted by Crippen LogP contribution is 2.18. The summed E-state index contributed by atoms with van der Waals surface area (Å²) in [5.41, 5.74) is -0.751. The Balaban J connectivity index is 2.16. The van der Waals surface area contributed by atoms with Gasteiger partial charge >= 0.3 is 17.1 Å². The molecule has 9 heteroatoms. The SMILES string of the molecule is O=C(O)c1ccc(Cn2c(=O)c(=O)[nH]c3ccc([N+](=O)[O-])cc32)cc1. The molecule has 126 valence electrons. The van der Waals surface area contributed by atoms with Gasteiger partial charge < -0.3 is 10.1 Å². The molecule has 0 atom stereocenters. The molecule has 0 saturated carbocycles. The van der Waals surface area contributed by atoms with Crippen LogP contribution in [-0.4, -0.2) is 25.6 Å². The van der Waals surface area contributed by atoms with Crippen LogP contribution >= 0.6 is 0 Å². The molecular weight excluding hydrogens is 330 g/mol. The van der Waals surface area contributed by atoms with Gasteiger partial charge in [-0.1, -0.05) is 12.1 Å². The van der Waals surface area contributed by atoms with Gasteiger partial charge in [0.25, 0.3) is 5.69 Å². The van der Waals surface area contributed by atoms with Gasteiger partial charge in [-0.2, -0.15) is 0 Å². The van der Waals surface area contributed by atoms with Gasteiger partial charge in [0, 0.05) is 12.1 Å². The Morgan fingerprint density at radius 2 is 1.84 bits per heavy atom. The highest BCUT2D eigenvalue weighted by Gasteiger charge is 2.13. The summed E-state index contributed by atoms with van der Waals surface area (Å²) in [7, 11) is 0. The molecule has 2 N–H and O–H groups in total. The number of carboxylic acids is 1. The van der Waals surface area contributed by atoms with E-state index >= 15 is 0 Å². The normalized spacial score (nSPS) is 10.7. The minimum Gasteiger partial charge on any atom is -0.478 e. The fourth-order valence-electron chi connectivity index (χ4n) is 2.46. The number of aromatic carboxylic acids is 1.